The molecule has 62 valence electrons. The first-order valence-corrected chi connectivity index (χ1v) is 4.31. The number of sulfonamides is 1. The molecule has 0 aliphatic carbocycles. The molecule has 0 amide bonds. The van der Waals surface area contributed by atoms with E-state index >= 15 is 0 Å². The van der Waals surface area contributed by atoms with Crippen molar-refractivity contribution in [2.24, 2.45) is 0 Å². The molecule has 0 saturated carbocycles. The number of hydrogen-bond acceptors (Lipinski definition) is 4. The van der Waals surface area contributed by atoms with Gasteiger partial charge in [-0.15, -0.1) is 0 Å². The number of nitrogens with zero attached hydrogens (tertiary/aromatic N) is 2. The molecule has 0 spiro atoms. The minimum Gasteiger partial charge on any atom is -0.363 e. The van der Waals surface area contributed by atoms with Crippen molar-refractivity contribution in [1.82, 2.24) is 9.46 Å². The highest BCUT2D eigenvalue weighted by atomic mass is 32.2. The van der Waals surface area contributed by atoms with E-state index < -0.39 is 10.0 Å². The van der Waals surface area contributed by atoms with Gasteiger partial charge in [0, 0.05) is 14.1 Å². The summed E-state index contributed by atoms with van der Waals surface area (Å²) in [5, 5.41) is 3.29. The summed E-state index contributed by atoms with van der Waals surface area (Å²) in [6.07, 6.45) is 2.25. The monoisotopic (exact) mass is 176 g/mol. The Kier molecular flexibility index (Phi) is 1.97. The van der Waals surface area contributed by atoms with Crippen molar-refractivity contribution >= 4 is 10.0 Å². The molecule has 0 unspecified atom stereocenters. The summed E-state index contributed by atoms with van der Waals surface area (Å²) in [4.78, 5) is 0.0718. The lowest BCUT2D eigenvalue weighted by molar-refractivity contribution is 0.417. The van der Waals surface area contributed by atoms with Gasteiger partial charge < -0.3 is 4.52 Å². The first-order chi connectivity index (χ1) is 5.05. The van der Waals surface area contributed by atoms with Crippen LogP contribution in [0, 0.1) is 0 Å². The molecule has 0 atom stereocenters. The van der Waals surface area contributed by atoms with E-state index in [1.807, 2.05) is 0 Å². The SMILES string of the molecule is CN(C)S(=O)(=O)c1cnoc1. The lowest BCUT2D eigenvalue weighted by Gasteiger charge is -2.07. The van der Waals surface area contributed by atoms with Gasteiger partial charge in [-0.2, -0.15) is 0 Å². The molecule has 1 aromatic rings. The van der Waals surface area contributed by atoms with Crippen molar-refractivity contribution in [3.63, 3.8) is 0 Å². The van der Waals surface area contributed by atoms with Crippen LogP contribution in [0.1, 0.15) is 0 Å². The molecule has 1 aromatic heterocycles. The van der Waals surface area contributed by atoms with Gasteiger partial charge in [0.25, 0.3) is 0 Å². The van der Waals surface area contributed by atoms with Gasteiger partial charge in [0.2, 0.25) is 10.0 Å². The maximum absolute atomic E-state index is 11.2. The summed E-state index contributed by atoms with van der Waals surface area (Å²) < 4.78 is 27.9. The minimum atomic E-state index is -3.36. The lowest BCUT2D eigenvalue weighted by Crippen LogP contribution is -2.21. The fourth-order valence-corrected chi connectivity index (χ4v) is 1.30. The van der Waals surface area contributed by atoms with Gasteiger partial charge in [0.05, 0.1) is 6.20 Å². The molecule has 0 N–H and O–H groups in total. The maximum Gasteiger partial charge on any atom is 0.247 e. The first kappa shape index (κ1) is 8.22. The molecule has 1 heterocycles. The van der Waals surface area contributed by atoms with E-state index in [4.69, 9.17) is 0 Å². The van der Waals surface area contributed by atoms with Gasteiger partial charge in [-0.1, -0.05) is 5.16 Å². The smallest absolute Gasteiger partial charge is 0.247 e. The van der Waals surface area contributed by atoms with E-state index in [0.29, 0.717) is 0 Å². The van der Waals surface area contributed by atoms with E-state index in [0.717, 1.165) is 16.8 Å². The molecular formula is C5H8N2O3S. The fourth-order valence-electron chi connectivity index (χ4n) is 0.533. The second kappa shape index (κ2) is 2.63. The normalized spacial score (nSPS) is 12.3. The maximum atomic E-state index is 11.2. The summed E-state index contributed by atoms with van der Waals surface area (Å²) in [6, 6.07) is 0. The summed E-state index contributed by atoms with van der Waals surface area (Å²) >= 11 is 0. The van der Waals surface area contributed by atoms with Crippen LogP contribution < -0.4 is 0 Å². The molecule has 0 aromatic carbocycles. The van der Waals surface area contributed by atoms with Crippen molar-refractivity contribution in [2.45, 2.75) is 4.90 Å². The third-order valence-corrected chi connectivity index (χ3v) is 2.95. The van der Waals surface area contributed by atoms with Gasteiger partial charge in [0.1, 0.15) is 11.2 Å². The Morgan fingerprint density at radius 1 is 1.55 bits per heavy atom. The van der Waals surface area contributed by atoms with Gasteiger partial charge >= 0.3 is 0 Å². The number of hydrogen-bond donors (Lipinski definition) is 0. The Labute approximate surface area is 64.6 Å². The van der Waals surface area contributed by atoms with E-state index in [1.54, 1.807) is 0 Å². The largest absolute Gasteiger partial charge is 0.363 e. The molecule has 0 aliphatic rings. The zero-order valence-electron chi connectivity index (χ0n) is 6.18. The quantitative estimate of drug-likeness (QED) is 0.632. The Bertz CT molecular complexity index is 314. The molecule has 1 rings (SSSR count). The molecule has 5 nitrogen and oxygen atoms in total. The molecule has 0 bridgehead atoms. The third kappa shape index (κ3) is 1.41. The van der Waals surface area contributed by atoms with Crippen LogP contribution in [-0.2, 0) is 10.0 Å². The van der Waals surface area contributed by atoms with Crippen LogP contribution in [0.15, 0.2) is 21.9 Å². The standard InChI is InChI=1S/C5H8N2O3S/c1-7(2)11(8,9)5-3-6-10-4-5/h3-4H,1-2H3. The molecular weight excluding hydrogens is 168 g/mol. The third-order valence-electron chi connectivity index (χ3n) is 1.19. The second-order valence-electron chi connectivity index (χ2n) is 2.15. The fraction of sp³-hybridized carbons (Fsp3) is 0.400. The number of rotatable bonds is 2. The number of aromatic nitrogens is 1. The molecule has 0 fully saturated rings. The predicted octanol–water partition coefficient (Wildman–Crippen LogP) is -0.0751. The summed E-state index contributed by atoms with van der Waals surface area (Å²) in [5.74, 6) is 0. The van der Waals surface area contributed by atoms with Crippen LogP contribution >= 0.6 is 0 Å². The molecule has 0 aliphatic heterocycles. The van der Waals surface area contributed by atoms with Crippen LogP contribution in [-0.4, -0.2) is 32.0 Å². The summed E-state index contributed by atoms with van der Waals surface area (Å²) in [6.45, 7) is 0. The summed E-state index contributed by atoms with van der Waals surface area (Å²) in [5.41, 5.74) is 0. The van der Waals surface area contributed by atoms with Crippen LogP contribution in [0.2, 0.25) is 0 Å². The van der Waals surface area contributed by atoms with Gasteiger partial charge in [-0.3, -0.25) is 0 Å². The van der Waals surface area contributed by atoms with E-state index in [1.165, 1.54) is 14.1 Å². The first-order valence-electron chi connectivity index (χ1n) is 2.87. The van der Waals surface area contributed by atoms with Gasteiger partial charge in [-0.05, 0) is 0 Å². The van der Waals surface area contributed by atoms with Crippen molar-refractivity contribution in [1.29, 1.82) is 0 Å². The topological polar surface area (TPSA) is 63.4 Å². The molecule has 6 heteroatoms. The van der Waals surface area contributed by atoms with Crippen LogP contribution in [0.3, 0.4) is 0 Å². The van der Waals surface area contributed by atoms with Gasteiger partial charge in [-0.25, -0.2) is 12.7 Å². The highest BCUT2D eigenvalue weighted by molar-refractivity contribution is 7.89. The Morgan fingerprint density at radius 3 is 2.55 bits per heavy atom. The molecule has 0 radical (unpaired) electrons. The Hall–Kier alpha value is -0.880. The van der Waals surface area contributed by atoms with Crippen molar-refractivity contribution < 1.29 is 12.9 Å². The van der Waals surface area contributed by atoms with Crippen LogP contribution in [0.25, 0.3) is 0 Å². The minimum absolute atomic E-state index is 0.0718. The highest BCUT2D eigenvalue weighted by Gasteiger charge is 2.18. The van der Waals surface area contributed by atoms with Crippen LogP contribution in [0.5, 0.6) is 0 Å². The highest BCUT2D eigenvalue weighted by Crippen LogP contribution is 2.10. The Balaban J connectivity index is 3.12. The van der Waals surface area contributed by atoms with Crippen molar-refractivity contribution in [3.8, 4) is 0 Å². The Morgan fingerprint density at radius 2 is 2.18 bits per heavy atom. The van der Waals surface area contributed by atoms with E-state index in [2.05, 4.69) is 9.68 Å². The van der Waals surface area contributed by atoms with Gasteiger partial charge in [0.15, 0.2) is 0 Å². The van der Waals surface area contributed by atoms with E-state index in [9.17, 15) is 8.42 Å². The predicted molar refractivity (Wildman–Crippen MR) is 37.4 cm³/mol. The lowest BCUT2D eigenvalue weighted by atomic mass is 10.8. The van der Waals surface area contributed by atoms with Crippen molar-refractivity contribution in [3.05, 3.63) is 12.5 Å². The molecule has 11 heavy (non-hydrogen) atoms. The average Bonchev–Trinajstić information content (AvgIpc) is 2.37. The zero-order valence-corrected chi connectivity index (χ0v) is 7.00. The summed E-state index contributed by atoms with van der Waals surface area (Å²) in [7, 11) is -0.463. The average molecular weight is 176 g/mol. The second-order valence-corrected chi connectivity index (χ2v) is 4.30. The molecule has 0 saturated heterocycles. The van der Waals surface area contributed by atoms with Crippen molar-refractivity contribution in [2.75, 3.05) is 14.1 Å². The zero-order chi connectivity index (χ0) is 8.48. The van der Waals surface area contributed by atoms with Crippen LogP contribution in [0.4, 0.5) is 0 Å². The van der Waals surface area contributed by atoms with E-state index in [-0.39, 0.29) is 4.90 Å².